The van der Waals surface area contributed by atoms with Crippen LogP contribution < -0.4 is 80.5 Å². The van der Waals surface area contributed by atoms with Crippen LogP contribution in [0, 0.1) is 0 Å². The van der Waals surface area contributed by atoms with Gasteiger partial charge in [0.25, 0.3) is 0 Å². The van der Waals surface area contributed by atoms with Crippen LogP contribution in [0.1, 0.15) is 57.4 Å². The molecule has 1 rings (SSSR count). The standard InChI is InChI=1S/C17H24O4.K.Li/c1-2-3-4-5-6-10-13-17(15(18)19,16(20)21)14-11-8-7-9-12-14;;/h7-9,11-12H,2-6,10,13H2,1H3,(H,18,19)(H,20,21);;/q;2*+1/p-2. The molecule has 1 aromatic carbocycles. The SMILES string of the molecule is CCCCCCCCC(C(=O)[O-])(C(=O)[O-])c1ccccc1.[K+].[Li+]. The molecule has 0 amide bonds. The molecule has 0 atom stereocenters. The summed E-state index contributed by atoms with van der Waals surface area (Å²) in [5.41, 5.74) is -1.83. The van der Waals surface area contributed by atoms with Crippen LogP contribution in [0.5, 0.6) is 0 Å². The second kappa shape index (κ2) is 13.7. The van der Waals surface area contributed by atoms with Crippen LogP contribution in [0.4, 0.5) is 0 Å². The van der Waals surface area contributed by atoms with E-state index in [2.05, 4.69) is 6.92 Å². The molecule has 1 aromatic rings. The van der Waals surface area contributed by atoms with Crippen molar-refractivity contribution in [2.75, 3.05) is 0 Å². The third-order valence-electron chi connectivity index (χ3n) is 3.87. The van der Waals surface area contributed by atoms with E-state index < -0.39 is 17.4 Å². The fraction of sp³-hybridized carbons (Fsp3) is 0.529. The molecule has 0 saturated heterocycles. The van der Waals surface area contributed by atoms with Gasteiger partial charge in [0, 0.05) is 0 Å². The topological polar surface area (TPSA) is 80.3 Å². The van der Waals surface area contributed by atoms with Crippen LogP contribution in [0.25, 0.3) is 0 Å². The molecule has 0 heterocycles. The van der Waals surface area contributed by atoms with Gasteiger partial charge in [0.1, 0.15) is 0 Å². The van der Waals surface area contributed by atoms with Gasteiger partial charge < -0.3 is 19.8 Å². The first kappa shape index (κ1) is 25.6. The Hall–Kier alpha value is 0.394. The minimum atomic E-state index is -2.05. The van der Waals surface area contributed by atoms with Gasteiger partial charge in [-0.15, -0.1) is 0 Å². The number of hydrogen-bond donors (Lipinski definition) is 0. The van der Waals surface area contributed by atoms with Gasteiger partial charge in [-0.2, -0.15) is 0 Å². The van der Waals surface area contributed by atoms with Crippen LogP contribution >= 0.6 is 0 Å². The summed E-state index contributed by atoms with van der Waals surface area (Å²) in [6.45, 7) is 2.12. The average molecular weight is 336 g/mol. The van der Waals surface area contributed by atoms with Gasteiger partial charge in [-0.25, -0.2) is 0 Å². The van der Waals surface area contributed by atoms with E-state index in [1.54, 1.807) is 18.2 Å². The molecule has 6 heteroatoms. The summed E-state index contributed by atoms with van der Waals surface area (Å²) in [6.07, 6.45) is 5.70. The Morgan fingerprint density at radius 2 is 1.39 bits per heavy atom. The zero-order chi connectivity index (χ0) is 15.7. The van der Waals surface area contributed by atoms with Crippen LogP contribution in [0.2, 0.25) is 0 Å². The molecule has 0 N–H and O–H groups in total. The van der Waals surface area contributed by atoms with Crippen molar-refractivity contribution in [1.29, 1.82) is 0 Å². The van der Waals surface area contributed by atoms with E-state index in [9.17, 15) is 19.8 Å². The van der Waals surface area contributed by atoms with Gasteiger partial charge in [0.15, 0.2) is 0 Å². The summed E-state index contributed by atoms with van der Waals surface area (Å²) in [7, 11) is 0. The molecular formula is C17H22KLiO4. The minimum Gasteiger partial charge on any atom is -0.549 e. The van der Waals surface area contributed by atoms with E-state index in [0.29, 0.717) is 6.42 Å². The average Bonchev–Trinajstić information content (AvgIpc) is 2.47. The number of unbranched alkanes of at least 4 members (excludes halogenated alkanes) is 5. The summed E-state index contributed by atoms with van der Waals surface area (Å²) < 4.78 is 0. The molecule has 0 aliphatic rings. The number of hydrogen-bond acceptors (Lipinski definition) is 4. The zero-order valence-corrected chi connectivity index (χ0v) is 17.6. The number of carboxylic acids is 2. The van der Waals surface area contributed by atoms with E-state index in [1.807, 2.05) is 0 Å². The number of rotatable bonds is 10. The largest absolute Gasteiger partial charge is 1.00 e. The van der Waals surface area contributed by atoms with E-state index >= 15 is 0 Å². The number of aliphatic carboxylic acids is 2. The van der Waals surface area contributed by atoms with Gasteiger partial charge in [0.05, 0.1) is 17.4 Å². The molecule has 0 aliphatic carbocycles. The Morgan fingerprint density at radius 1 is 0.913 bits per heavy atom. The van der Waals surface area contributed by atoms with Crippen LogP contribution in [-0.2, 0) is 15.0 Å². The molecule has 0 fully saturated rings. The maximum Gasteiger partial charge on any atom is 1.00 e. The molecule has 0 radical (unpaired) electrons. The first-order valence-corrected chi connectivity index (χ1v) is 7.54. The predicted molar refractivity (Wildman–Crippen MR) is 76.1 cm³/mol. The van der Waals surface area contributed by atoms with Crippen molar-refractivity contribution in [3.8, 4) is 0 Å². The summed E-state index contributed by atoms with van der Waals surface area (Å²) in [6, 6.07) is 7.96. The molecule has 0 unspecified atom stereocenters. The molecule has 0 aromatic heterocycles. The van der Waals surface area contributed by atoms with Crippen molar-refractivity contribution in [2.45, 2.75) is 57.3 Å². The van der Waals surface area contributed by atoms with Gasteiger partial charge in [-0.05, 0) is 12.0 Å². The third-order valence-corrected chi connectivity index (χ3v) is 3.87. The smallest absolute Gasteiger partial charge is 0.549 e. The van der Waals surface area contributed by atoms with E-state index in [-0.39, 0.29) is 82.2 Å². The first-order valence-electron chi connectivity index (χ1n) is 7.54. The minimum absolute atomic E-state index is 0. The van der Waals surface area contributed by atoms with Crippen molar-refractivity contribution in [2.24, 2.45) is 0 Å². The summed E-state index contributed by atoms with van der Waals surface area (Å²) in [5.74, 6) is -3.19. The third kappa shape index (κ3) is 7.43. The fourth-order valence-corrected chi connectivity index (χ4v) is 2.56. The Kier molecular flexibility index (Phi) is 15.2. The number of carbonyl (C=O) groups excluding carboxylic acids is 2. The molecule has 23 heavy (non-hydrogen) atoms. The monoisotopic (exact) mass is 336 g/mol. The van der Waals surface area contributed by atoms with E-state index in [1.165, 1.54) is 12.1 Å². The van der Waals surface area contributed by atoms with E-state index in [0.717, 1.165) is 32.1 Å². The Labute approximate surface area is 193 Å². The normalized spacial score (nSPS) is 10.3. The number of carbonyl (C=O) groups is 2. The van der Waals surface area contributed by atoms with Gasteiger partial charge >= 0.3 is 70.2 Å². The summed E-state index contributed by atoms with van der Waals surface area (Å²) in [4.78, 5) is 23.0. The van der Waals surface area contributed by atoms with E-state index in [4.69, 9.17) is 0 Å². The Bertz CT molecular complexity index is 451. The molecule has 116 valence electrons. The predicted octanol–water partition coefficient (Wildman–Crippen LogP) is -4.82. The molecule has 0 spiro atoms. The maximum absolute atomic E-state index is 11.5. The zero-order valence-electron chi connectivity index (χ0n) is 14.5. The number of carboxylic acid groups (broad SMARTS) is 2. The molecule has 4 nitrogen and oxygen atoms in total. The molecule has 0 saturated carbocycles. The van der Waals surface area contributed by atoms with Crippen molar-refractivity contribution in [1.82, 2.24) is 0 Å². The second-order valence-electron chi connectivity index (χ2n) is 5.36. The van der Waals surface area contributed by atoms with Gasteiger partial charge in [-0.3, -0.25) is 0 Å². The van der Waals surface area contributed by atoms with Gasteiger partial charge in [-0.1, -0.05) is 75.8 Å². The van der Waals surface area contributed by atoms with Crippen LogP contribution in [0.3, 0.4) is 0 Å². The molecular weight excluding hydrogens is 314 g/mol. The van der Waals surface area contributed by atoms with Crippen molar-refractivity contribution >= 4 is 11.9 Å². The summed E-state index contributed by atoms with van der Waals surface area (Å²) in [5, 5.41) is 23.0. The van der Waals surface area contributed by atoms with Gasteiger partial charge in [0.2, 0.25) is 0 Å². The van der Waals surface area contributed by atoms with Crippen molar-refractivity contribution < 1.29 is 90.0 Å². The molecule has 0 bridgehead atoms. The Balaban J connectivity index is 0. The quantitative estimate of drug-likeness (QED) is 0.244. The molecule has 0 aliphatic heterocycles. The van der Waals surface area contributed by atoms with Crippen LogP contribution in [-0.4, -0.2) is 11.9 Å². The van der Waals surface area contributed by atoms with Crippen molar-refractivity contribution in [3.05, 3.63) is 35.9 Å². The summed E-state index contributed by atoms with van der Waals surface area (Å²) >= 11 is 0. The fourth-order valence-electron chi connectivity index (χ4n) is 2.56. The number of benzene rings is 1. The maximum atomic E-state index is 11.5. The first-order chi connectivity index (χ1) is 10.1. The Morgan fingerprint density at radius 3 is 1.87 bits per heavy atom. The van der Waals surface area contributed by atoms with Crippen molar-refractivity contribution in [3.63, 3.8) is 0 Å². The second-order valence-corrected chi connectivity index (χ2v) is 5.36. The van der Waals surface area contributed by atoms with Crippen LogP contribution in [0.15, 0.2) is 30.3 Å².